The molecule has 0 aliphatic carbocycles. The molecule has 3 aromatic heterocycles. The molecule has 3 heterocycles. The summed E-state index contributed by atoms with van der Waals surface area (Å²) in [6.45, 7) is 4.28. The van der Waals surface area contributed by atoms with Crippen molar-refractivity contribution in [3.63, 3.8) is 0 Å². The van der Waals surface area contributed by atoms with Crippen LogP contribution in [0.2, 0.25) is 0 Å². The fourth-order valence-corrected chi connectivity index (χ4v) is 8.73. The van der Waals surface area contributed by atoms with Gasteiger partial charge in [0.2, 0.25) is 0 Å². The molecule has 0 radical (unpaired) electrons. The first-order valence-corrected chi connectivity index (χ1v) is 19.3. The molecule has 0 unspecified atom stereocenters. The summed E-state index contributed by atoms with van der Waals surface area (Å²) in [6.07, 6.45) is 2.19. The Balaban J connectivity index is 1.08. The predicted molar refractivity (Wildman–Crippen MR) is 236 cm³/mol. The second-order valence-corrected chi connectivity index (χ2v) is 14.8. The fraction of sp³-hybridized carbons (Fsp3) is 0.0385. The molecule has 0 atom stereocenters. The van der Waals surface area contributed by atoms with Crippen molar-refractivity contribution >= 4 is 71.6 Å². The van der Waals surface area contributed by atoms with Gasteiger partial charge in [0.1, 0.15) is 0 Å². The summed E-state index contributed by atoms with van der Waals surface area (Å²) in [7, 11) is 0. The van der Waals surface area contributed by atoms with Crippen LogP contribution >= 0.6 is 0 Å². The Morgan fingerprint density at radius 3 is 1.61 bits per heavy atom. The molecule has 0 aliphatic heterocycles. The van der Waals surface area contributed by atoms with E-state index >= 15 is 0 Å². The van der Waals surface area contributed by atoms with Crippen LogP contribution in [0.4, 0.5) is 17.1 Å². The fourth-order valence-electron chi connectivity index (χ4n) is 8.73. The summed E-state index contributed by atoms with van der Waals surface area (Å²) < 4.78 is 7.12. The molecule has 56 heavy (non-hydrogen) atoms. The lowest BCUT2D eigenvalue weighted by Gasteiger charge is -2.26. The Kier molecular flexibility index (Phi) is 7.26. The van der Waals surface area contributed by atoms with E-state index in [4.69, 9.17) is 0 Å². The van der Waals surface area contributed by atoms with Crippen molar-refractivity contribution in [2.75, 3.05) is 4.90 Å². The van der Waals surface area contributed by atoms with E-state index in [2.05, 4.69) is 227 Å². The van der Waals surface area contributed by atoms with Gasteiger partial charge in [0.15, 0.2) is 0 Å². The summed E-state index contributed by atoms with van der Waals surface area (Å²) in [5, 5.41) is 6.20. The minimum absolute atomic E-state index is 1.10. The van der Waals surface area contributed by atoms with Gasteiger partial charge < -0.3 is 18.6 Å². The first-order valence-electron chi connectivity index (χ1n) is 19.3. The van der Waals surface area contributed by atoms with Gasteiger partial charge in [-0.25, -0.2) is 0 Å². The van der Waals surface area contributed by atoms with Gasteiger partial charge in [0.05, 0.1) is 27.6 Å². The van der Waals surface area contributed by atoms with E-state index in [9.17, 15) is 0 Å². The molecule has 0 spiro atoms. The highest BCUT2D eigenvalue weighted by Gasteiger charge is 2.20. The van der Waals surface area contributed by atoms with Crippen LogP contribution in [0.15, 0.2) is 194 Å². The van der Waals surface area contributed by atoms with Gasteiger partial charge in [-0.3, -0.25) is 0 Å². The standard InChI is InChI=1S/C52H38N4/c1-35-16-21-39(22-17-35)54(43-29-31-49-46(34-43)44-12-6-8-14-47(44)55(49)41-23-18-36(2)19-24-41)40-25-27-42(28-26-40)56-48-15-9-7-13-45(48)51-50(56)30-20-37-32-33-53(52(37)51)38-10-4-3-5-11-38/h3-34H,1-2H3. The third-order valence-electron chi connectivity index (χ3n) is 11.4. The number of hydrogen-bond acceptors (Lipinski definition) is 1. The lowest BCUT2D eigenvalue weighted by atomic mass is 10.1. The minimum atomic E-state index is 1.10. The van der Waals surface area contributed by atoms with Crippen molar-refractivity contribution in [1.82, 2.24) is 13.7 Å². The van der Waals surface area contributed by atoms with Crippen LogP contribution in [-0.4, -0.2) is 13.7 Å². The normalized spacial score (nSPS) is 11.8. The summed E-state index contributed by atoms with van der Waals surface area (Å²) in [5.41, 5.74) is 15.3. The maximum atomic E-state index is 2.42. The van der Waals surface area contributed by atoms with E-state index in [-0.39, 0.29) is 0 Å². The van der Waals surface area contributed by atoms with Crippen LogP contribution in [-0.2, 0) is 0 Å². The molecule has 0 fully saturated rings. The van der Waals surface area contributed by atoms with E-state index in [0.29, 0.717) is 0 Å². The van der Waals surface area contributed by atoms with Crippen molar-refractivity contribution in [2.45, 2.75) is 13.8 Å². The quantitative estimate of drug-likeness (QED) is 0.167. The van der Waals surface area contributed by atoms with Crippen molar-refractivity contribution in [3.8, 4) is 17.1 Å². The van der Waals surface area contributed by atoms with E-state index in [1.807, 2.05) is 0 Å². The lowest BCUT2D eigenvalue weighted by Crippen LogP contribution is -2.10. The smallest absolute Gasteiger partial charge is 0.0628 e. The lowest BCUT2D eigenvalue weighted by molar-refractivity contribution is 1.13. The summed E-state index contributed by atoms with van der Waals surface area (Å²) >= 11 is 0. The van der Waals surface area contributed by atoms with Crippen LogP contribution in [0.3, 0.4) is 0 Å². The predicted octanol–water partition coefficient (Wildman–Crippen LogP) is 13.9. The Morgan fingerprint density at radius 1 is 0.375 bits per heavy atom. The molecule has 0 aliphatic rings. The van der Waals surface area contributed by atoms with E-state index in [1.165, 1.54) is 71.3 Å². The number of benzene rings is 8. The number of rotatable bonds is 6. The largest absolute Gasteiger partial charge is 0.316 e. The molecule has 0 bridgehead atoms. The van der Waals surface area contributed by atoms with Gasteiger partial charge in [-0.05, 0) is 117 Å². The molecule has 266 valence electrons. The van der Waals surface area contributed by atoms with Crippen molar-refractivity contribution in [3.05, 3.63) is 205 Å². The number of nitrogens with zero attached hydrogens (tertiary/aromatic N) is 4. The topological polar surface area (TPSA) is 18.0 Å². The molecule has 0 N–H and O–H groups in total. The number of aromatic nitrogens is 3. The van der Waals surface area contributed by atoms with Crippen LogP contribution in [0.5, 0.6) is 0 Å². The van der Waals surface area contributed by atoms with Crippen LogP contribution in [0, 0.1) is 13.8 Å². The van der Waals surface area contributed by atoms with Crippen molar-refractivity contribution in [2.24, 2.45) is 0 Å². The van der Waals surface area contributed by atoms with Gasteiger partial charge >= 0.3 is 0 Å². The number of fused-ring (bicyclic) bond motifs is 8. The highest BCUT2D eigenvalue weighted by atomic mass is 15.1. The van der Waals surface area contributed by atoms with Crippen molar-refractivity contribution < 1.29 is 0 Å². The summed E-state index contributed by atoms with van der Waals surface area (Å²) in [5.74, 6) is 0. The first kappa shape index (κ1) is 32.2. The number of anilines is 3. The highest BCUT2D eigenvalue weighted by Crippen LogP contribution is 2.42. The third-order valence-corrected chi connectivity index (χ3v) is 11.4. The minimum Gasteiger partial charge on any atom is -0.316 e. The molecule has 11 aromatic rings. The second kappa shape index (κ2) is 12.6. The van der Waals surface area contributed by atoms with E-state index in [0.717, 1.165) is 28.4 Å². The molecule has 0 saturated heterocycles. The Labute approximate surface area is 325 Å². The zero-order chi connectivity index (χ0) is 37.3. The number of hydrogen-bond donors (Lipinski definition) is 0. The average Bonchev–Trinajstić information content (AvgIpc) is 3.93. The SMILES string of the molecule is Cc1ccc(N(c2ccc(-n3c4ccccc4c4c5c(ccc43)ccn5-c3ccccc3)cc2)c2ccc3c(c2)c2ccccc2n3-c2ccc(C)cc2)cc1. The monoisotopic (exact) mass is 718 g/mol. The summed E-state index contributed by atoms with van der Waals surface area (Å²) in [4.78, 5) is 2.38. The van der Waals surface area contributed by atoms with Gasteiger partial charge in [-0.1, -0.05) is 96.1 Å². The maximum Gasteiger partial charge on any atom is 0.0628 e. The highest BCUT2D eigenvalue weighted by molar-refractivity contribution is 6.21. The molecular formula is C52H38N4. The number of aryl methyl sites for hydroxylation is 2. The van der Waals surface area contributed by atoms with E-state index in [1.54, 1.807) is 0 Å². The van der Waals surface area contributed by atoms with Gasteiger partial charge in [-0.2, -0.15) is 0 Å². The Bertz CT molecular complexity index is 3230. The zero-order valence-corrected chi connectivity index (χ0v) is 31.3. The molecule has 8 aromatic carbocycles. The van der Waals surface area contributed by atoms with Crippen LogP contribution in [0.25, 0.3) is 71.6 Å². The van der Waals surface area contributed by atoms with Crippen LogP contribution < -0.4 is 4.90 Å². The van der Waals surface area contributed by atoms with Crippen LogP contribution in [0.1, 0.15) is 11.1 Å². The first-order chi connectivity index (χ1) is 27.6. The third kappa shape index (κ3) is 5.00. The van der Waals surface area contributed by atoms with Gasteiger partial charge in [0, 0.05) is 67.3 Å². The molecule has 4 nitrogen and oxygen atoms in total. The molecule has 0 saturated carbocycles. The molecular weight excluding hydrogens is 681 g/mol. The Hall–Kier alpha value is -7.30. The molecule has 4 heteroatoms. The Morgan fingerprint density at radius 2 is 0.893 bits per heavy atom. The number of para-hydroxylation sites is 3. The second-order valence-electron chi connectivity index (χ2n) is 14.8. The van der Waals surface area contributed by atoms with Crippen molar-refractivity contribution in [1.29, 1.82) is 0 Å². The molecule has 11 rings (SSSR count). The molecule has 0 amide bonds. The average molecular weight is 719 g/mol. The van der Waals surface area contributed by atoms with E-state index < -0.39 is 0 Å². The van der Waals surface area contributed by atoms with Gasteiger partial charge in [0.25, 0.3) is 0 Å². The zero-order valence-electron chi connectivity index (χ0n) is 31.3. The van der Waals surface area contributed by atoms with Gasteiger partial charge in [-0.15, -0.1) is 0 Å². The maximum absolute atomic E-state index is 2.42. The summed E-state index contributed by atoms with van der Waals surface area (Å²) in [6, 6.07) is 68.6.